The number of rotatable bonds is 5. The van der Waals surface area contributed by atoms with E-state index in [-0.39, 0.29) is 0 Å². The molecule has 0 spiro atoms. The summed E-state index contributed by atoms with van der Waals surface area (Å²) in [5.41, 5.74) is 1.55. The molecule has 0 aliphatic carbocycles. The maximum atomic E-state index is 12.8. The first-order valence-corrected chi connectivity index (χ1v) is 9.29. The number of nitrogens with one attached hydrogen (secondary N) is 1. The molecular formula is C23H20N2O4. The Balaban J connectivity index is 1.40. The standard InChI is InChI=1S/C23H20N2O4/c1-23(13-17-9-5-6-10-19(17)21(26)29-23)22(27)25-18-11-12-20(24-14-18)28-15-16-7-3-2-4-8-16/h2-12,14H,13,15H2,1H3,(H,25,27). The Morgan fingerprint density at radius 1 is 1.10 bits per heavy atom. The van der Waals surface area contributed by atoms with Gasteiger partial charge in [-0.05, 0) is 30.2 Å². The number of pyridine rings is 1. The number of anilines is 1. The molecule has 1 N–H and O–H groups in total. The quantitative estimate of drug-likeness (QED) is 0.673. The molecule has 1 unspecified atom stereocenters. The van der Waals surface area contributed by atoms with Gasteiger partial charge in [-0.1, -0.05) is 48.5 Å². The van der Waals surface area contributed by atoms with Crippen molar-refractivity contribution in [2.45, 2.75) is 25.6 Å². The number of esters is 1. The number of benzene rings is 2. The molecule has 0 bridgehead atoms. The third-order valence-corrected chi connectivity index (χ3v) is 4.79. The van der Waals surface area contributed by atoms with Crippen molar-refractivity contribution in [1.82, 2.24) is 4.98 Å². The zero-order valence-corrected chi connectivity index (χ0v) is 15.9. The molecule has 6 heteroatoms. The molecule has 0 saturated heterocycles. The predicted molar refractivity (Wildman–Crippen MR) is 108 cm³/mol. The fourth-order valence-corrected chi connectivity index (χ4v) is 3.19. The van der Waals surface area contributed by atoms with E-state index in [1.807, 2.05) is 42.5 Å². The number of fused-ring (bicyclic) bond motifs is 1. The van der Waals surface area contributed by atoms with Crippen LogP contribution in [-0.4, -0.2) is 22.5 Å². The third kappa shape index (κ3) is 4.11. The molecule has 1 aliphatic rings. The zero-order valence-electron chi connectivity index (χ0n) is 15.9. The van der Waals surface area contributed by atoms with Gasteiger partial charge in [0.1, 0.15) is 6.61 Å². The van der Waals surface area contributed by atoms with Crippen molar-refractivity contribution < 1.29 is 19.1 Å². The molecule has 2 aromatic carbocycles. The molecule has 4 rings (SSSR count). The molecule has 1 aromatic heterocycles. The van der Waals surface area contributed by atoms with Gasteiger partial charge < -0.3 is 14.8 Å². The molecule has 2 heterocycles. The Hall–Kier alpha value is -3.67. The first-order chi connectivity index (χ1) is 14.0. The van der Waals surface area contributed by atoms with E-state index in [2.05, 4.69) is 10.3 Å². The average molecular weight is 388 g/mol. The second-order valence-electron chi connectivity index (χ2n) is 7.07. The first kappa shape index (κ1) is 18.7. The van der Waals surface area contributed by atoms with Gasteiger partial charge in [-0.25, -0.2) is 9.78 Å². The smallest absolute Gasteiger partial charge is 0.339 e. The molecule has 0 fully saturated rings. The Kier molecular flexibility index (Phi) is 4.99. The Morgan fingerprint density at radius 3 is 2.62 bits per heavy atom. The predicted octanol–water partition coefficient (Wildman–Crippen LogP) is 3.77. The van der Waals surface area contributed by atoms with E-state index >= 15 is 0 Å². The van der Waals surface area contributed by atoms with Crippen molar-refractivity contribution >= 4 is 17.6 Å². The van der Waals surface area contributed by atoms with E-state index in [0.29, 0.717) is 30.2 Å². The van der Waals surface area contributed by atoms with Crippen molar-refractivity contribution in [1.29, 1.82) is 0 Å². The summed E-state index contributed by atoms with van der Waals surface area (Å²) < 4.78 is 11.1. The van der Waals surface area contributed by atoms with Gasteiger partial charge in [-0.15, -0.1) is 0 Å². The molecule has 1 amide bonds. The van der Waals surface area contributed by atoms with Gasteiger partial charge >= 0.3 is 5.97 Å². The number of cyclic esters (lactones) is 1. The second-order valence-corrected chi connectivity index (χ2v) is 7.07. The lowest BCUT2D eigenvalue weighted by Gasteiger charge is -2.32. The molecular weight excluding hydrogens is 368 g/mol. The Labute approximate surface area is 168 Å². The van der Waals surface area contributed by atoms with Crippen LogP contribution in [0, 0.1) is 0 Å². The van der Waals surface area contributed by atoms with Gasteiger partial charge in [-0.2, -0.15) is 0 Å². The van der Waals surface area contributed by atoms with Crippen molar-refractivity contribution in [3.8, 4) is 5.88 Å². The van der Waals surface area contributed by atoms with E-state index in [1.165, 1.54) is 6.20 Å². The Morgan fingerprint density at radius 2 is 1.86 bits per heavy atom. The summed E-state index contributed by atoms with van der Waals surface area (Å²) in [7, 11) is 0. The molecule has 3 aromatic rings. The molecule has 29 heavy (non-hydrogen) atoms. The number of carbonyl (C=O) groups is 2. The van der Waals surface area contributed by atoms with Crippen LogP contribution in [0.2, 0.25) is 0 Å². The first-order valence-electron chi connectivity index (χ1n) is 9.29. The van der Waals surface area contributed by atoms with Crippen LogP contribution >= 0.6 is 0 Å². The summed E-state index contributed by atoms with van der Waals surface area (Å²) >= 11 is 0. The summed E-state index contributed by atoms with van der Waals surface area (Å²) in [6.45, 7) is 2.02. The number of carbonyl (C=O) groups excluding carboxylic acids is 2. The number of nitrogens with zero attached hydrogens (tertiary/aromatic N) is 1. The van der Waals surface area contributed by atoms with E-state index in [1.54, 1.807) is 31.2 Å². The summed E-state index contributed by atoms with van der Waals surface area (Å²) in [4.78, 5) is 29.3. The van der Waals surface area contributed by atoms with Crippen LogP contribution in [0.3, 0.4) is 0 Å². The van der Waals surface area contributed by atoms with Crippen LogP contribution in [0.15, 0.2) is 72.9 Å². The van der Waals surface area contributed by atoms with Crippen molar-refractivity contribution in [3.05, 3.63) is 89.6 Å². The van der Waals surface area contributed by atoms with Gasteiger partial charge in [0.15, 0.2) is 5.60 Å². The third-order valence-electron chi connectivity index (χ3n) is 4.79. The minimum absolute atomic E-state index is 0.312. The van der Waals surface area contributed by atoms with Crippen LogP contribution in [0.4, 0.5) is 5.69 Å². The van der Waals surface area contributed by atoms with Crippen LogP contribution in [0.5, 0.6) is 5.88 Å². The van der Waals surface area contributed by atoms with Crippen LogP contribution < -0.4 is 10.1 Å². The van der Waals surface area contributed by atoms with Gasteiger partial charge in [0, 0.05) is 12.5 Å². The summed E-state index contributed by atoms with van der Waals surface area (Å²) in [5, 5.41) is 2.77. The number of amides is 1. The van der Waals surface area contributed by atoms with E-state index in [9.17, 15) is 9.59 Å². The van der Waals surface area contributed by atoms with Crippen molar-refractivity contribution in [2.24, 2.45) is 0 Å². The lowest BCUT2D eigenvalue weighted by molar-refractivity contribution is -0.134. The minimum Gasteiger partial charge on any atom is -0.473 e. The van der Waals surface area contributed by atoms with Crippen LogP contribution in [-0.2, 0) is 22.6 Å². The number of hydrogen-bond acceptors (Lipinski definition) is 5. The topological polar surface area (TPSA) is 77.5 Å². The van der Waals surface area contributed by atoms with Gasteiger partial charge in [0.25, 0.3) is 5.91 Å². The largest absolute Gasteiger partial charge is 0.473 e. The zero-order chi connectivity index (χ0) is 20.3. The molecule has 6 nitrogen and oxygen atoms in total. The summed E-state index contributed by atoms with van der Waals surface area (Å²) in [5.74, 6) is -0.441. The lowest BCUT2D eigenvalue weighted by atomic mass is 9.89. The highest BCUT2D eigenvalue weighted by Gasteiger charge is 2.42. The van der Waals surface area contributed by atoms with Crippen molar-refractivity contribution in [3.63, 3.8) is 0 Å². The molecule has 0 saturated carbocycles. The highest BCUT2D eigenvalue weighted by atomic mass is 16.6. The molecule has 0 radical (unpaired) electrons. The lowest BCUT2D eigenvalue weighted by Crippen LogP contribution is -2.48. The molecule has 146 valence electrons. The van der Waals surface area contributed by atoms with Crippen LogP contribution in [0.25, 0.3) is 0 Å². The van der Waals surface area contributed by atoms with Crippen LogP contribution in [0.1, 0.15) is 28.4 Å². The summed E-state index contributed by atoms with van der Waals surface area (Å²) in [6.07, 6.45) is 1.83. The van der Waals surface area contributed by atoms with E-state index in [4.69, 9.17) is 9.47 Å². The van der Waals surface area contributed by atoms with E-state index < -0.39 is 17.5 Å². The number of aromatic nitrogens is 1. The number of ether oxygens (including phenoxy) is 2. The van der Waals surface area contributed by atoms with Gasteiger partial charge in [-0.3, -0.25) is 4.79 Å². The highest BCUT2D eigenvalue weighted by molar-refractivity contribution is 6.02. The Bertz CT molecular complexity index is 1030. The fraction of sp³-hybridized carbons (Fsp3) is 0.174. The second kappa shape index (κ2) is 7.75. The van der Waals surface area contributed by atoms with Crippen molar-refractivity contribution in [2.75, 3.05) is 5.32 Å². The maximum Gasteiger partial charge on any atom is 0.339 e. The van der Waals surface area contributed by atoms with E-state index in [0.717, 1.165) is 11.1 Å². The molecule has 1 aliphatic heterocycles. The van der Waals surface area contributed by atoms with Gasteiger partial charge in [0.2, 0.25) is 5.88 Å². The SMILES string of the molecule is CC1(C(=O)Nc2ccc(OCc3ccccc3)nc2)Cc2ccccc2C(=O)O1. The maximum absolute atomic E-state index is 12.8. The molecule has 1 atom stereocenters. The normalized spacial score (nSPS) is 17.8. The number of hydrogen-bond donors (Lipinski definition) is 1. The highest BCUT2D eigenvalue weighted by Crippen LogP contribution is 2.29. The monoisotopic (exact) mass is 388 g/mol. The van der Waals surface area contributed by atoms with Gasteiger partial charge in [0.05, 0.1) is 17.4 Å². The average Bonchev–Trinajstić information content (AvgIpc) is 2.74. The summed E-state index contributed by atoms with van der Waals surface area (Å²) in [6, 6.07) is 20.3. The minimum atomic E-state index is -1.28. The fourth-order valence-electron chi connectivity index (χ4n) is 3.19.